The Balaban J connectivity index is 1.42. The number of piperidine rings is 1. The molecule has 7 heteroatoms. The van der Waals surface area contributed by atoms with Crippen molar-refractivity contribution in [3.05, 3.63) is 48.1 Å². The Kier molecular flexibility index (Phi) is 6.20. The molecule has 1 aliphatic heterocycles. The fourth-order valence-electron chi connectivity index (χ4n) is 6.40. The number of hydrogen-bond donors (Lipinski definition) is 1. The first kappa shape index (κ1) is 23.6. The number of H-pyrrole nitrogens is 1. The van der Waals surface area contributed by atoms with Gasteiger partial charge < -0.3 is 19.0 Å². The fourth-order valence-corrected chi connectivity index (χ4v) is 6.40. The molecule has 3 aromatic rings. The normalized spacial score (nSPS) is 22.7. The van der Waals surface area contributed by atoms with Crippen molar-refractivity contribution in [2.45, 2.75) is 63.8 Å². The number of carbonyl (C=O) groups is 2. The summed E-state index contributed by atoms with van der Waals surface area (Å²) in [7, 11) is 1.45. The van der Waals surface area contributed by atoms with Crippen molar-refractivity contribution in [1.82, 2.24) is 9.88 Å². The quantitative estimate of drug-likeness (QED) is 0.467. The Bertz CT molecular complexity index is 1240. The van der Waals surface area contributed by atoms with Crippen molar-refractivity contribution in [2.24, 2.45) is 11.8 Å². The lowest BCUT2D eigenvalue weighted by atomic mass is 9.70. The molecule has 3 unspecified atom stereocenters. The van der Waals surface area contributed by atoms with Crippen molar-refractivity contribution >= 4 is 22.8 Å². The number of benzene rings is 1. The molecule has 0 spiro atoms. The number of furan rings is 1. The zero-order chi connectivity index (χ0) is 24.7. The number of aromatic nitrogens is 1. The number of halogens is 1. The second-order valence-corrected chi connectivity index (χ2v) is 10.6. The zero-order valence-electron chi connectivity index (χ0n) is 20.6. The number of rotatable bonds is 5. The van der Waals surface area contributed by atoms with E-state index < -0.39 is 11.4 Å². The summed E-state index contributed by atoms with van der Waals surface area (Å²) in [5.41, 5.74) is 2.24. The molecule has 1 aromatic carbocycles. The molecule has 5 rings (SSSR count). The van der Waals surface area contributed by atoms with E-state index in [2.05, 4.69) is 18.8 Å². The van der Waals surface area contributed by atoms with Crippen LogP contribution in [-0.4, -0.2) is 41.5 Å². The van der Waals surface area contributed by atoms with E-state index in [0.717, 1.165) is 60.7 Å². The Hall–Kier alpha value is -3.09. The lowest BCUT2D eigenvalue weighted by molar-refractivity contribution is -0.155. The molecule has 0 bridgehead atoms. The van der Waals surface area contributed by atoms with Crippen LogP contribution in [0.4, 0.5) is 4.39 Å². The third kappa shape index (κ3) is 4.26. The maximum absolute atomic E-state index is 13.7. The van der Waals surface area contributed by atoms with Gasteiger partial charge in [-0.05, 0) is 49.3 Å². The van der Waals surface area contributed by atoms with Gasteiger partial charge >= 0.3 is 5.97 Å². The van der Waals surface area contributed by atoms with Crippen molar-refractivity contribution in [3.8, 4) is 11.3 Å². The molecular formula is C28H33FN2O4. The van der Waals surface area contributed by atoms with E-state index in [9.17, 15) is 14.0 Å². The van der Waals surface area contributed by atoms with Crippen LogP contribution in [0.25, 0.3) is 22.2 Å². The highest BCUT2D eigenvalue weighted by Gasteiger charge is 2.44. The lowest BCUT2D eigenvalue weighted by Gasteiger charge is -2.47. The van der Waals surface area contributed by atoms with Crippen LogP contribution in [0.5, 0.6) is 0 Å². The van der Waals surface area contributed by atoms with Gasteiger partial charge in [-0.2, -0.15) is 4.39 Å². The molecular weight excluding hydrogens is 447 g/mol. The molecule has 186 valence electrons. The molecule has 1 aliphatic carbocycles. The van der Waals surface area contributed by atoms with Crippen molar-refractivity contribution in [2.75, 3.05) is 13.7 Å². The predicted molar refractivity (Wildman–Crippen MR) is 131 cm³/mol. The maximum atomic E-state index is 13.7. The van der Waals surface area contributed by atoms with Gasteiger partial charge in [0.2, 0.25) is 5.91 Å². The summed E-state index contributed by atoms with van der Waals surface area (Å²) < 4.78 is 24.0. The summed E-state index contributed by atoms with van der Waals surface area (Å²) >= 11 is 0. The van der Waals surface area contributed by atoms with E-state index in [0.29, 0.717) is 12.2 Å². The van der Waals surface area contributed by atoms with E-state index in [4.69, 9.17) is 9.15 Å². The highest BCUT2D eigenvalue weighted by molar-refractivity contribution is 5.97. The van der Waals surface area contributed by atoms with E-state index in [-0.39, 0.29) is 29.8 Å². The summed E-state index contributed by atoms with van der Waals surface area (Å²) in [6.07, 6.45) is 6.86. The van der Waals surface area contributed by atoms with Gasteiger partial charge in [-0.3, -0.25) is 9.59 Å². The monoisotopic (exact) mass is 480 g/mol. The lowest BCUT2D eigenvalue weighted by Crippen LogP contribution is -2.54. The van der Waals surface area contributed by atoms with E-state index >= 15 is 0 Å². The molecule has 1 N–H and O–H groups in total. The summed E-state index contributed by atoms with van der Waals surface area (Å²) in [5, 5.41) is 0.944. The number of hydrogen-bond acceptors (Lipinski definition) is 4. The van der Waals surface area contributed by atoms with Crippen molar-refractivity contribution in [3.63, 3.8) is 0 Å². The van der Waals surface area contributed by atoms with Gasteiger partial charge in [0.05, 0.1) is 13.0 Å². The first-order chi connectivity index (χ1) is 16.8. The number of carbonyl (C=O) groups excluding carboxylic acids is 2. The van der Waals surface area contributed by atoms with Crippen LogP contribution in [0.15, 0.2) is 40.9 Å². The Morgan fingerprint density at radius 2 is 2.00 bits per heavy atom. The van der Waals surface area contributed by atoms with Crippen LogP contribution in [-0.2, 0) is 19.7 Å². The van der Waals surface area contributed by atoms with Crippen LogP contribution in [0.3, 0.4) is 0 Å². The van der Waals surface area contributed by atoms with Crippen LogP contribution in [0, 0.1) is 17.8 Å². The van der Waals surface area contributed by atoms with E-state index in [1.807, 2.05) is 29.3 Å². The standard InChI is InChI=1S/C28H33FN2O4/c1-28(2,20-16-30-21-10-4-8-19(26(20)21)23-12-13-24(29)35-23)15-25(32)31-14-6-9-17-18(27(33)34-3)7-5-11-22(17)31/h4,8,10,12-13,16-18,22,30H,5-7,9,11,14-15H2,1-3H3. The van der Waals surface area contributed by atoms with Crippen LogP contribution in [0.2, 0.25) is 0 Å². The average molecular weight is 481 g/mol. The van der Waals surface area contributed by atoms with Gasteiger partial charge in [0.15, 0.2) is 0 Å². The number of methoxy groups -OCH3 is 1. The highest BCUT2D eigenvalue weighted by Crippen LogP contribution is 2.42. The first-order valence-corrected chi connectivity index (χ1v) is 12.5. The summed E-state index contributed by atoms with van der Waals surface area (Å²) in [6.45, 7) is 4.88. The number of ether oxygens (including phenoxy) is 1. The van der Waals surface area contributed by atoms with Crippen LogP contribution in [0.1, 0.15) is 57.9 Å². The SMILES string of the molecule is COC(=O)C1CCCC2C1CCCN2C(=O)CC(C)(C)c1c[nH]c2cccc(-c3ccc(F)o3)c12. The van der Waals surface area contributed by atoms with Gasteiger partial charge in [-0.25, -0.2) is 0 Å². The molecule has 35 heavy (non-hydrogen) atoms. The van der Waals surface area contributed by atoms with E-state index in [1.54, 1.807) is 6.07 Å². The smallest absolute Gasteiger partial charge is 0.309 e. The Morgan fingerprint density at radius 1 is 1.17 bits per heavy atom. The van der Waals surface area contributed by atoms with Gasteiger partial charge in [-0.15, -0.1) is 0 Å². The van der Waals surface area contributed by atoms with E-state index in [1.165, 1.54) is 13.2 Å². The number of aromatic amines is 1. The number of nitrogens with one attached hydrogen (secondary N) is 1. The fraction of sp³-hybridized carbons (Fsp3) is 0.500. The predicted octanol–water partition coefficient (Wildman–Crippen LogP) is 5.82. The average Bonchev–Trinajstić information content (AvgIpc) is 3.49. The topological polar surface area (TPSA) is 75.5 Å². The van der Waals surface area contributed by atoms with Gasteiger partial charge in [0, 0.05) is 53.2 Å². The zero-order valence-corrected chi connectivity index (χ0v) is 20.6. The molecule has 3 heterocycles. The molecule has 6 nitrogen and oxygen atoms in total. The number of nitrogens with zero attached hydrogens (tertiary/aromatic N) is 1. The molecule has 2 aromatic heterocycles. The maximum Gasteiger partial charge on any atom is 0.309 e. The number of likely N-dealkylation sites (tertiary alicyclic amines) is 1. The summed E-state index contributed by atoms with van der Waals surface area (Å²) in [6, 6.07) is 8.21. The highest BCUT2D eigenvalue weighted by atomic mass is 19.1. The molecule has 2 fully saturated rings. The molecule has 3 atom stereocenters. The molecule has 0 radical (unpaired) electrons. The number of fused-ring (bicyclic) bond motifs is 2. The minimum absolute atomic E-state index is 0.0922. The summed E-state index contributed by atoms with van der Waals surface area (Å²) in [5.74, 6) is 0.491. The second kappa shape index (κ2) is 9.17. The minimum Gasteiger partial charge on any atom is -0.469 e. The van der Waals surface area contributed by atoms with Crippen LogP contribution < -0.4 is 0 Å². The van der Waals surface area contributed by atoms with Crippen LogP contribution >= 0.6 is 0 Å². The van der Waals surface area contributed by atoms with Crippen molar-refractivity contribution < 1.29 is 23.1 Å². The third-order valence-electron chi connectivity index (χ3n) is 8.05. The van der Waals surface area contributed by atoms with Gasteiger partial charge in [0.1, 0.15) is 5.76 Å². The van der Waals surface area contributed by atoms with Gasteiger partial charge in [0.25, 0.3) is 6.01 Å². The largest absolute Gasteiger partial charge is 0.469 e. The molecule has 2 aliphatic rings. The Labute approximate surface area is 204 Å². The summed E-state index contributed by atoms with van der Waals surface area (Å²) in [4.78, 5) is 31.5. The van der Waals surface area contributed by atoms with Crippen molar-refractivity contribution in [1.29, 1.82) is 0 Å². The second-order valence-electron chi connectivity index (χ2n) is 10.6. The number of esters is 1. The molecule has 1 saturated heterocycles. The number of amides is 1. The molecule has 1 amide bonds. The van der Waals surface area contributed by atoms with Gasteiger partial charge in [-0.1, -0.05) is 32.4 Å². The first-order valence-electron chi connectivity index (χ1n) is 12.5. The third-order valence-corrected chi connectivity index (χ3v) is 8.05. The molecule has 1 saturated carbocycles. The Morgan fingerprint density at radius 3 is 2.74 bits per heavy atom. The minimum atomic E-state index is -0.624.